The number of carbonyl (C=O) groups excluding carboxylic acids is 2. The Morgan fingerprint density at radius 3 is 2.38 bits per heavy atom. The summed E-state index contributed by atoms with van der Waals surface area (Å²) in [5.74, 6) is -0.204. The highest BCUT2D eigenvalue weighted by Crippen LogP contribution is 2.22. The van der Waals surface area contributed by atoms with E-state index in [0.29, 0.717) is 22.1 Å². The van der Waals surface area contributed by atoms with Gasteiger partial charge in [-0.15, -0.1) is 23.7 Å². The number of urea groups is 1. The minimum Gasteiger partial charge on any atom is -0.350 e. The Hall–Kier alpha value is -2.09. The number of rotatable bonds is 5. The van der Waals surface area contributed by atoms with Gasteiger partial charge < -0.3 is 16.4 Å². The van der Waals surface area contributed by atoms with Crippen LogP contribution in [0.3, 0.4) is 0 Å². The minimum absolute atomic E-state index is 0. The standard InChI is InChI=1S/C16H20N4O2S.ClH/c1-16(2,17)10-18-14(21)12-8-9-13(23-12)20-15(22)19-11-6-4-3-5-7-11;/h3-9H,10,17H2,1-2H3,(H,18,21)(H2,19,20,22);1H. The third-order valence-corrected chi connectivity index (χ3v) is 3.80. The molecule has 8 heteroatoms. The first-order valence-corrected chi connectivity index (χ1v) is 7.95. The largest absolute Gasteiger partial charge is 0.350 e. The summed E-state index contributed by atoms with van der Waals surface area (Å²) in [4.78, 5) is 24.4. The van der Waals surface area contributed by atoms with Gasteiger partial charge in [0.2, 0.25) is 0 Å². The summed E-state index contributed by atoms with van der Waals surface area (Å²) in [6, 6.07) is 12.1. The molecule has 2 aromatic rings. The first-order valence-electron chi connectivity index (χ1n) is 7.13. The third kappa shape index (κ3) is 6.57. The molecule has 0 aliphatic carbocycles. The van der Waals surface area contributed by atoms with Crippen LogP contribution in [0.2, 0.25) is 0 Å². The maximum atomic E-state index is 12.0. The molecule has 0 saturated carbocycles. The van der Waals surface area contributed by atoms with Crippen molar-refractivity contribution >= 4 is 46.4 Å². The van der Waals surface area contributed by atoms with Crippen LogP contribution < -0.4 is 21.7 Å². The van der Waals surface area contributed by atoms with Crippen LogP contribution in [-0.4, -0.2) is 24.0 Å². The number of carbonyl (C=O) groups is 2. The number of thiophene rings is 1. The highest BCUT2D eigenvalue weighted by molar-refractivity contribution is 7.18. The van der Waals surface area contributed by atoms with Crippen molar-refractivity contribution < 1.29 is 9.59 Å². The second-order valence-corrected chi connectivity index (χ2v) is 6.86. The predicted octanol–water partition coefficient (Wildman–Crippen LogP) is 3.28. The SMILES string of the molecule is CC(C)(N)CNC(=O)c1ccc(NC(=O)Nc2ccccc2)s1.Cl. The number of nitrogens with one attached hydrogen (secondary N) is 3. The van der Waals surface area contributed by atoms with Gasteiger partial charge in [0.1, 0.15) is 0 Å². The van der Waals surface area contributed by atoms with Crippen molar-refractivity contribution in [3.63, 3.8) is 0 Å². The van der Waals surface area contributed by atoms with E-state index in [4.69, 9.17) is 5.73 Å². The van der Waals surface area contributed by atoms with Gasteiger partial charge in [-0.05, 0) is 38.1 Å². The van der Waals surface area contributed by atoms with Crippen molar-refractivity contribution in [2.24, 2.45) is 5.73 Å². The number of anilines is 2. The highest BCUT2D eigenvalue weighted by atomic mass is 35.5. The second-order valence-electron chi connectivity index (χ2n) is 5.78. The Bertz CT molecular complexity index is 683. The number of halogens is 1. The van der Waals surface area contributed by atoms with Crippen molar-refractivity contribution in [1.29, 1.82) is 0 Å². The molecule has 1 aromatic heterocycles. The summed E-state index contributed by atoms with van der Waals surface area (Å²) >= 11 is 1.21. The van der Waals surface area contributed by atoms with E-state index in [1.54, 1.807) is 24.3 Å². The topological polar surface area (TPSA) is 96.2 Å². The van der Waals surface area contributed by atoms with Crippen molar-refractivity contribution in [2.75, 3.05) is 17.2 Å². The van der Waals surface area contributed by atoms with Crippen LogP contribution in [0.15, 0.2) is 42.5 Å². The van der Waals surface area contributed by atoms with Crippen LogP contribution in [0.4, 0.5) is 15.5 Å². The molecule has 0 spiro atoms. The van der Waals surface area contributed by atoms with Gasteiger partial charge in [-0.25, -0.2) is 4.79 Å². The number of amides is 3. The molecule has 5 N–H and O–H groups in total. The molecule has 1 heterocycles. The number of nitrogens with two attached hydrogens (primary N) is 1. The van der Waals surface area contributed by atoms with Gasteiger partial charge in [0.25, 0.3) is 5.91 Å². The van der Waals surface area contributed by atoms with Gasteiger partial charge in [0, 0.05) is 17.8 Å². The molecule has 0 aliphatic rings. The Morgan fingerprint density at radius 2 is 1.75 bits per heavy atom. The van der Waals surface area contributed by atoms with Gasteiger partial charge in [0.05, 0.1) is 9.88 Å². The van der Waals surface area contributed by atoms with E-state index in [-0.39, 0.29) is 24.3 Å². The maximum absolute atomic E-state index is 12.0. The van der Waals surface area contributed by atoms with Gasteiger partial charge >= 0.3 is 6.03 Å². The fourth-order valence-corrected chi connectivity index (χ4v) is 2.54. The summed E-state index contributed by atoms with van der Waals surface area (Å²) in [6.07, 6.45) is 0. The zero-order chi connectivity index (χ0) is 16.9. The first kappa shape index (κ1) is 20.0. The Balaban J connectivity index is 0.00000288. The minimum atomic E-state index is -0.469. The molecule has 1 aromatic carbocycles. The molecule has 6 nitrogen and oxygen atoms in total. The van der Waals surface area contributed by atoms with Crippen molar-refractivity contribution in [2.45, 2.75) is 19.4 Å². The number of benzene rings is 1. The predicted molar refractivity (Wildman–Crippen MR) is 101 cm³/mol. The zero-order valence-electron chi connectivity index (χ0n) is 13.5. The van der Waals surface area contributed by atoms with Crippen molar-refractivity contribution in [3.05, 3.63) is 47.3 Å². The van der Waals surface area contributed by atoms with Crippen LogP contribution in [0.5, 0.6) is 0 Å². The van der Waals surface area contributed by atoms with E-state index in [0.717, 1.165) is 0 Å². The van der Waals surface area contributed by atoms with Crippen LogP contribution in [-0.2, 0) is 0 Å². The lowest BCUT2D eigenvalue weighted by Crippen LogP contribution is -2.44. The summed E-state index contributed by atoms with van der Waals surface area (Å²) in [6.45, 7) is 4.05. The lowest BCUT2D eigenvalue weighted by molar-refractivity contribution is 0.0950. The molecule has 0 aliphatic heterocycles. The molecule has 3 amide bonds. The fraction of sp³-hybridized carbons (Fsp3) is 0.250. The number of para-hydroxylation sites is 1. The van der Waals surface area contributed by atoms with E-state index in [9.17, 15) is 9.59 Å². The summed E-state index contributed by atoms with van der Waals surface area (Å²) < 4.78 is 0. The van der Waals surface area contributed by atoms with E-state index in [2.05, 4.69) is 16.0 Å². The Kier molecular flexibility index (Phi) is 7.21. The molecular formula is C16H21ClN4O2S. The molecule has 0 bridgehead atoms. The zero-order valence-corrected chi connectivity index (χ0v) is 15.1. The average Bonchev–Trinajstić information content (AvgIpc) is 2.93. The fourth-order valence-electron chi connectivity index (χ4n) is 1.72. The Morgan fingerprint density at radius 1 is 1.08 bits per heavy atom. The molecule has 2 rings (SSSR count). The summed E-state index contributed by atoms with van der Waals surface area (Å²) in [7, 11) is 0. The lowest BCUT2D eigenvalue weighted by Gasteiger charge is -2.18. The quantitative estimate of drug-likeness (QED) is 0.652. The van der Waals surface area contributed by atoms with Crippen LogP contribution in [0.25, 0.3) is 0 Å². The number of hydrogen-bond acceptors (Lipinski definition) is 4. The molecule has 130 valence electrons. The molecule has 0 atom stereocenters. The van der Waals surface area contributed by atoms with Crippen molar-refractivity contribution in [3.8, 4) is 0 Å². The normalized spacial score (nSPS) is 10.5. The van der Waals surface area contributed by atoms with Gasteiger partial charge in [0.15, 0.2) is 0 Å². The van der Waals surface area contributed by atoms with E-state index >= 15 is 0 Å². The van der Waals surface area contributed by atoms with E-state index < -0.39 is 5.54 Å². The smallest absolute Gasteiger partial charge is 0.324 e. The monoisotopic (exact) mass is 368 g/mol. The lowest BCUT2D eigenvalue weighted by atomic mass is 10.1. The van der Waals surface area contributed by atoms with Gasteiger partial charge in [-0.1, -0.05) is 18.2 Å². The van der Waals surface area contributed by atoms with Gasteiger partial charge in [-0.3, -0.25) is 10.1 Å². The van der Waals surface area contributed by atoms with Crippen molar-refractivity contribution in [1.82, 2.24) is 5.32 Å². The highest BCUT2D eigenvalue weighted by Gasteiger charge is 2.15. The third-order valence-electron chi connectivity index (χ3n) is 2.80. The molecule has 0 unspecified atom stereocenters. The van der Waals surface area contributed by atoms with Gasteiger partial charge in [-0.2, -0.15) is 0 Å². The molecule has 24 heavy (non-hydrogen) atoms. The summed E-state index contributed by atoms with van der Waals surface area (Å²) in [5.41, 5.74) is 6.06. The summed E-state index contributed by atoms with van der Waals surface area (Å²) in [5, 5.41) is 8.77. The molecular weight excluding hydrogens is 348 g/mol. The average molecular weight is 369 g/mol. The Labute approximate surface area is 151 Å². The van der Waals surface area contributed by atoms with E-state index in [1.807, 2.05) is 32.0 Å². The molecule has 0 radical (unpaired) electrons. The van der Waals surface area contributed by atoms with Crippen LogP contribution >= 0.6 is 23.7 Å². The molecule has 0 saturated heterocycles. The van der Waals surface area contributed by atoms with Crippen LogP contribution in [0.1, 0.15) is 23.5 Å². The number of hydrogen-bond donors (Lipinski definition) is 4. The maximum Gasteiger partial charge on any atom is 0.324 e. The second kappa shape index (κ2) is 8.68. The molecule has 0 fully saturated rings. The van der Waals surface area contributed by atoms with Crippen LogP contribution in [0, 0.1) is 0 Å². The van der Waals surface area contributed by atoms with E-state index in [1.165, 1.54) is 11.3 Å². The first-order chi connectivity index (χ1) is 10.8.